The zero-order valence-electron chi connectivity index (χ0n) is 11.3. The van der Waals surface area contributed by atoms with Gasteiger partial charge in [0.05, 0.1) is 11.4 Å². The van der Waals surface area contributed by atoms with Crippen molar-refractivity contribution < 1.29 is 14.3 Å². The Morgan fingerprint density at radius 3 is 2.75 bits per heavy atom. The van der Waals surface area contributed by atoms with E-state index in [0.29, 0.717) is 10.6 Å². The van der Waals surface area contributed by atoms with Crippen LogP contribution in [0.1, 0.15) is 36.1 Å². The summed E-state index contributed by atoms with van der Waals surface area (Å²) in [5.41, 5.74) is 0.253. The first-order valence-electron chi connectivity index (χ1n) is 5.92. The summed E-state index contributed by atoms with van der Waals surface area (Å²) in [6.45, 7) is 5.75. The fraction of sp³-hybridized carbons (Fsp3) is 0.308. The summed E-state index contributed by atoms with van der Waals surface area (Å²) in [6, 6.07) is 3.35. The van der Waals surface area contributed by atoms with Crippen molar-refractivity contribution in [3.63, 3.8) is 0 Å². The molecule has 20 heavy (non-hydrogen) atoms. The number of rotatable bonds is 2. The van der Waals surface area contributed by atoms with Crippen LogP contribution in [-0.4, -0.2) is 20.6 Å². The molecule has 0 spiro atoms. The summed E-state index contributed by atoms with van der Waals surface area (Å²) in [7, 11) is 0. The molecule has 106 valence electrons. The minimum Gasteiger partial charge on any atom is -0.506 e. The smallest absolute Gasteiger partial charge is 0.269 e. The highest BCUT2D eigenvalue weighted by molar-refractivity contribution is 7.08. The van der Waals surface area contributed by atoms with E-state index in [0.717, 1.165) is 23.7 Å². The van der Waals surface area contributed by atoms with Crippen LogP contribution in [0.25, 0.3) is 0 Å². The molecule has 0 atom stereocenters. The number of phenolic OH excluding ortho intramolecular Hbond substituents is 1. The van der Waals surface area contributed by atoms with Gasteiger partial charge in [-0.15, -0.1) is 5.10 Å². The van der Waals surface area contributed by atoms with Gasteiger partial charge in [-0.2, -0.15) is 0 Å². The molecule has 0 aliphatic carbocycles. The number of carbonyl (C=O) groups is 1. The van der Waals surface area contributed by atoms with Crippen LogP contribution in [-0.2, 0) is 5.41 Å². The van der Waals surface area contributed by atoms with Gasteiger partial charge in [0, 0.05) is 11.5 Å². The second-order valence-corrected chi connectivity index (χ2v) is 6.07. The predicted molar refractivity (Wildman–Crippen MR) is 74.6 cm³/mol. The van der Waals surface area contributed by atoms with E-state index in [2.05, 4.69) is 14.9 Å². The van der Waals surface area contributed by atoms with Crippen LogP contribution in [0.3, 0.4) is 0 Å². The summed E-state index contributed by atoms with van der Waals surface area (Å²) >= 11 is 0.965. The molecule has 0 radical (unpaired) electrons. The Bertz CT molecular complexity index is 649. The molecule has 2 N–H and O–H groups in total. The highest BCUT2D eigenvalue weighted by Gasteiger charge is 2.26. The number of halogens is 1. The average Bonchev–Trinajstić information content (AvgIpc) is 2.82. The van der Waals surface area contributed by atoms with Crippen LogP contribution in [0, 0.1) is 5.82 Å². The van der Waals surface area contributed by atoms with Gasteiger partial charge in [0.25, 0.3) is 5.91 Å². The minimum atomic E-state index is -0.545. The molecule has 0 bridgehead atoms. The molecule has 7 heteroatoms. The summed E-state index contributed by atoms with van der Waals surface area (Å²) in [5, 5.41) is 16.0. The highest BCUT2D eigenvalue weighted by Crippen LogP contribution is 2.28. The van der Waals surface area contributed by atoms with Gasteiger partial charge >= 0.3 is 0 Å². The Morgan fingerprint density at radius 1 is 1.40 bits per heavy atom. The first-order chi connectivity index (χ1) is 9.29. The lowest BCUT2D eigenvalue weighted by Gasteiger charge is -2.16. The molecule has 0 aliphatic rings. The van der Waals surface area contributed by atoms with Crippen LogP contribution in [0.2, 0.25) is 0 Å². The Balaban J connectivity index is 2.30. The van der Waals surface area contributed by atoms with Crippen LogP contribution in [0.15, 0.2) is 18.2 Å². The van der Waals surface area contributed by atoms with Crippen molar-refractivity contribution in [2.24, 2.45) is 0 Å². The molecule has 2 aromatic rings. The molecule has 1 heterocycles. The molecular weight excluding hydrogens is 281 g/mol. The van der Waals surface area contributed by atoms with E-state index < -0.39 is 11.7 Å². The van der Waals surface area contributed by atoms with E-state index in [1.165, 1.54) is 6.07 Å². The van der Waals surface area contributed by atoms with E-state index >= 15 is 0 Å². The number of phenols is 1. The largest absolute Gasteiger partial charge is 0.506 e. The maximum Gasteiger partial charge on any atom is 0.269 e. The molecule has 1 amide bonds. The maximum absolute atomic E-state index is 13.1. The topological polar surface area (TPSA) is 75.1 Å². The third kappa shape index (κ3) is 2.93. The Morgan fingerprint density at radius 2 is 2.10 bits per heavy atom. The average molecular weight is 295 g/mol. The van der Waals surface area contributed by atoms with Gasteiger partial charge < -0.3 is 10.4 Å². The molecule has 1 aromatic heterocycles. The number of nitrogens with zero attached hydrogens (tertiary/aromatic N) is 2. The number of hydrogen-bond acceptors (Lipinski definition) is 5. The highest BCUT2D eigenvalue weighted by atomic mass is 32.1. The lowest BCUT2D eigenvalue weighted by molar-refractivity contribution is 0.102. The summed E-state index contributed by atoms with van der Waals surface area (Å²) in [6.07, 6.45) is 0. The van der Waals surface area contributed by atoms with Crippen LogP contribution < -0.4 is 5.32 Å². The standard InChI is InChI=1S/C13H14FN3O2S/c1-13(2,3)11-10(20-17-16-11)12(19)15-8-6-7(14)4-5-9(8)18/h4-6,18H,1-3H3,(H,15,19). The van der Waals surface area contributed by atoms with Gasteiger partial charge in [0.1, 0.15) is 16.4 Å². The van der Waals surface area contributed by atoms with Crippen molar-refractivity contribution in [2.45, 2.75) is 26.2 Å². The normalized spacial score (nSPS) is 11.4. The molecule has 0 saturated heterocycles. The summed E-state index contributed by atoms with van der Waals surface area (Å²) in [5.74, 6) is -1.21. The van der Waals surface area contributed by atoms with E-state index in [1.54, 1.807) is 0 Å². The lowest BCUT2D eigenvalue weighted by atomic mass is 9.91. The zero-order chi connectivity index (χ0) is 14.9. The van der Waals surface area contributed by atoms with Crippen molar-refractivity contribution in [2.75, 3.05) is 5.32 Å². The van der Waals surface area contributed by atoms with E-state index in [9.17, 15) is 14.3 Å². The second-order valence-electron chi connectivity index (χ2n) is 5.32. The number of aromatic hydroxyl groups is 1. The van der Waals surface area contributed by atoms with Gasteiger partial charge in [-0.1, -0.05) is 25.3 Å². The van der Waals surface area contributed by atoms with Crippen molar-refractivity contribution in [1.29, 1.82) is 0 Å². The quantitative estimate of drug-likeness (QED) is 0.835. The molecule has 5 nitrogen and oxygen atoms in total. The second kappa shape index (κ2) is 5.16. The van der Waals surface area contributed by atoms with Gasteiger partial charge in [0.2, 0.25) is 0 Å². The number of aromatic nitrogens is 2. The first kappa shape index (κ1) is 14.4. The van der Waals surface area contributed by atoms with Crippen molar-refractivity contribution >= 4 is 23.1 Å². The van der Waals surface area contributed by atoms with Crippen molar-refractivity contribution in [1.82, 2.24) is 9.59 Å². The van der Waals surface area contributed by atoms with Crippen LogP contribution in [0.4, 0.5) is 10.1 Å². The lowest BCUT2D eigenvalue weighted by Crippen LogP contribution is -2.20. The molecule has 0 aliphatic heterocycles. The summed E-state index contributed by atoms with van der Waals surface area (Å²) in [4.78, 5) is 12.5. The maximum atomic E-state index is 13.1. The Hall–Kier alpha value is -2.02. The van der Waals surface area contributed by atoms with E-state index in [1.807, 2.05) is 20.8 Å². The van der Waals surface area contributed by atoms with Gasteiger partial charge in [-0.3, -0.25) is 4.79 Å². The number of hydrogen-bond donors (Lipinski definition) is 2. The number of nitrogens with one attached hydrogen (secondary N) is 1. The molecular formula is C13H14FN3O2S. The van der Waals surface area contributed by atoms with Crippen LogP contribution >= 0.6 is 11.5 Å². The fourth-order valence-electron chi connectivity index (χ4n) is 1.62. The fourth-order valence-corrected chi connectivity index (χ4v) is 2.39. The minimum absolute atomic E-state index is 0.0169. The predicted octanol–water partition coefficient (Wildman–Crippen LogP) is 2.93. The third-order valence-electron chi connectivity index (χ3n) is 2.61. The summed E-state index contributed by atoms with van der Waals surface area (Å²) < 4.78 is 16.9. The molecule has 0 unspecified atom stereocenters. The molecule has 0 fully saturated rings. The van der Waals surface area contributed by atoms with Crippen molar-refractivity contribution in [3.8, 4) is 5.75 Å². The first-order valence-corrected chi connectivity index (χ1v) is 6.69. The molecule has 0 saturated carbocycles. The SMILES string of the molecule is CC(C)(C)c1nnsc1C(=O)Nc1cc(F)ccc1O. The van der Waals surface area contributed by atoms with E-state index in [-0.39, 0.29) is 16.9 Å². The Labute approximate surface area is 119 Å². The molecule has 1 aromatic carbocycles. The number of carbonyl (C=O) groups excluding carboxylic acids is 1. The zero-order valence-corrected chi connectivity index (χ0v) is 12.1. The monoisotopic (exact) mass is 295 g/mol. The number of benzene rings is 1. The van der Waals surface area contributed by atoms with E-state index in [4.69, 9.17) is 0 Å². The number of anilines is 1. The number of amides is 1. The Kier molecular flexibility index (Phi) is 3.71. The molecule has 2 rings (SSSR count). The van der Waals surface area contributed by atoms with Gasteiger partial charge in [-0.25, -0.2) is 4.39 Å². The van der Waals surface area contributed by atoms with Gasteiger partial charge in [-0.05, 0) is 23.7 Å². The van der Waals surface area contributed by atoms with Gasteiger partial charge in [0.15, 0.2) is 0 Å². The van der Waals surface area contributed by atoms with Crippen molar-refractivity contribution in [3.05, 3.63) is 34.6 Å². The third-order valence-corrected chi connectivity index (χ3v) is 3.34. The van der Waals surface area contributed by atoms with Crippen LogP contribution in [0.5, 0.6) is 5.75 Å².